The van der Waals surface area contributed by atoms with Crippen LogP contribution in [0, 0.1) is 0 Å². The maximum Gasteiger partial charge on any atom is 0.325 e. The molecular weight excluding hydrogens is 198 g/mol. The fraction of sp³-hybridized carbons (Fsp3) is 0.300. The van der Waals surface area contributed by atoms with Gasteiger partial charge in [0.1, 0.15) is 0 Å². The molecule has 15 heavy (non-hydrogen) atoms. The van der Waals surface area contributed by atoms with Crippen molar-refractivity contribution in [1.82, 2.24) is 0 Å². The molecule has 0 amide bonds. The summed E-state index contributed by atoms with van der Waals surface area (Å²) in [6.07, 6.45) is -1.50. The Hall–Kier alpha value is -1.43. The van der Waals surface area contributed by atoms with Crippen LogP contribution in [0.4, 0.5) is 0 Å². The van der Waals surface area contributed by atoms with Gasteiger partial charge in [-0.2, -0.15) is 0 Å². The van der Waals surface area contributed by atoms with Gasteiger partial charge in [0.2, 0.25) is 0 Å². The predicted octanol–water partition coefficient (Wildman–Crippen LogP) is -0.0665. The number of nitrogens with two attached hydrogens (primary N) is 1. The van der Waals surface area contributed by atoms with Gasteiger partial charge in [-0.15, -0.1) is 0 Å². The second-order valence-electron chi connectivity index (χ2n) is 3.05. The zero-order valence-corrected chi connectivity index (χ0v) is 8.04. The third-order valence-electron chi connectivity index (χ3n) is 1.86. The summed E-state index contributed by atoms with van der Waals surface area (Å²) in [4.78, 5) is 10.4. The Labute approximate surface area is 87.1 Å². The minimum atomic E-state index is -1.50. The normalized spacial score (nSPS) is 14.5. The third kappa shape index (κ3) is 3.67. The van der Waals surface area contributed by atoms with E-state index in [9.17, 15) is 9.90 Å². The smallest absolute Gasteiger partial charge is 0.325 e. The van der Waals surface area contributed by atoms with Crippen molar-refractivity contribution >= 4 is 5.97 Å². The van der Waals surface area contributed by atoms with Crippen LogP contribution >= 0.6 is 0 Å². The number of ether oxygens (including phenoxy) is 1. The molecule has 1 rings (SSSR count). The van der Waals surface area contributed by atoms with Crippen LogP contribution in [0.5, 0.6) is 0 Å². The number of benzene rings is 1. The minimum absolute atomic E-state index is 0.128. The van der Waals surface area contributed by atoms with Crippen LogP contribution in [-0.2, 0) is 16.1 Å². The lowest BCUT2D eigenvalue weighted by Gasteiger charge is -2.15. The first kappa shape index (κ1) is 11.6. The topological polar surface area (TPSA) is 92.8 Å². The lowest BCUT2D eigenvalue weighted by molar-refractivity contribution is -0.160. The maximum atomic E-state index is 10.4. The number of aliphatic carboxylic acids is 1. The van der Waals surface area contributed by atoms with E-state index in [4.69, 9.17) is 15.6 Å². The van der Waals surface area contributed by atoms with Crippen molar-refractivity contribution < 1.29 is 19.7 Å². The van der Waals surface area contributed by atoms with Gasteiger partial charge in [0.25, 0.3) is 0 Å². The summed E-state index contributed by atoms with van der Waals surface area (Å²) < 4.78 is 4.90. The van der Waals surface area contributed by atoms with Crippen LogP contribution in [-0.4, -0.2) is 28.5 Å². The fourth-order valence-corrected chi connectivity index (χ4v) is 0.981. The maximum absolute atomic E-state index is 10.4. The largest absolute Gasteiger partial charge is 0.480 e. The van der Waals surface area contributed by atoms with Crippen LogP contribution < -0.4 is 5.73 Å². The van der Waals surface area contributed by atoms with Crippen LogP contribution in [0.2, 0.25) is 0 Å². The van der Waals surface area contributed by atoms with Crippen molar-refractivity contribution in [2.75, 3.05) is 0 Å². The summed E-state index contributed by atoms with van der Waals surface area (Å²) in [5.74, 6) is -1.30. The van der Waals surface area contributed by atoms with Crippen LogP contribution in [0.15, 0.2) is 30.3 Å². The zero-order chi connectivity index (χ0) is 11.3. The summed E-state index contributed by atoms with van der Waals surface area (Å²) in [6.45, 7) is 0.128. The van der Waals surface area contributed by atoms with E-state index in [-0.39, 0.29) is 6.61 Å². The van der Waals surface area contributed by atoms with Crippen molar-refractivity contribution in [3.05, 3.63) is 35.9 Å². The average Bonchev–Trinajstić information content (AvgIpc) is 2.26. The Morgan fingerprint density at radius 3 is 2.53 bits per heavy atom. The summed E-state index contributed by atoms with van der Waals surface area (Å²) in [5.41, 5.74) is 5.99. The van der Waals surface area contributed by atoms with E-state index in [0.717, 1.165) is 5.56 Å². The molecule has 0 aliphatic heterocycles. The SMILES string of the molecule is N[C@H](C(=O)O)C(O)OCc1ccccc1. The van der Waals surface area contributed by atoms with E-state index in [1.807, 2.05) is 18.2 Å². The van der Waals surface area contributed by atoms with E-state index in [0.29, 0.717) is 0 Å². The minimum Gasteiger partial charge on any atom is -0.480 e. The molecule has 0 bridgehead atoms. The highest BCUT2D eigenvalue weighted by atomic mass is 16.6. The van der Waals surface area contributed by atoms with E-state index >= 15 is 0 Å². The molecule has 5 heteroatoms. The van der Waals surface area contributed by atoms with Gasteiger partial charge in [0.15, 0.2) is 12.3 Å². The second kappa shape index (κ2) is 5.45. The molecule has 1 unspecified atom stereocenters. The molecule has 0 aromatic heterocycles. The number of aliphatic hydroxyl groups excluding tert-OH is 1. The predicted molar refractivity (Wildman–Crippen MR) is 52.8 cm³/mol. The Bertz CT molecular complexity index is 314. The Kier molecular flexibility index (Phi) is 4.23. The van der Waals surface area contributed by atoms with E-state index in [1.54, 1.807) is 12.1 Å². The highest BCUT2D eigenvalue weighted by Gasteiger charge is 2.22. The number of hydrogen-bond donors (Lipinski definition) is 3. The first-order chi connectivity index (χ1) is 7.11. The first-order valence-corrected chi connectivity index (χ1v) is 4.43. The monoisotopic (exact) mass is 211 g/mol. The van der Waals surface area contributed by atoms with Gasteiger partial charge < -0.3 is 20.7 Å². The van der Waals surface area contributed by atoms with Crippen LogP contribution in [0.1, 0.15) is 5.56 Å². The molecule has 0 heterocycles. The molecule has 0 saturated heterocycles. The standard InChI is InChI=1S/C10H13NO4/c11-8(9(12)13)10(14)15-6-7-4-2-1-3-5-7/h1-5,8,10,14H,6,11H2,(H,12,13)/t8-,10?/m1/s1. The summed E-state index contributed by atoms with van der Waals surface area (Å²) >= 11 is 0. The van der Waals surface area contributed by atoms with Gasteiger partial charge in [-0.05, 0) is 5.56 Å². The molecular formula is C10H13NO4. The molecule has 4 N–H and O–H groups in total. The van der Waals surface area contributed by atoms with Crippen LogP contribution in [0.25, 0.3) is 0 Å². The molecule has 0 saturated carbocycles. The Morgan fingerprint density at radius 2 is 2.00 bits per heavy atom. The molecule has 5 nitrogen and oxygen atoms in total. The number of rotatable bonds is 5. The number of hydrogen-bond acceptors (Lipinski definition) is 4. The molecule has 0 radical (unpaired) electrons. The Morgan fingerprint density at radius 1 is 1.40 bits per heavy atom. The number of carbonyl (C=O) groups is 1. The molecule has 1 aromatic carbocycles. The van der Waals surface area contributed by atoms with Crippen molar-refractivity contribution in [1.29, 1.82) is 0 Å². The number of carboxylic acids is 1. The van der Waals surface area contributed by atoms with E-state index < -0.39 is 18.3 Å². The average molecular weight is 211 g/mol. The molecule has 82 valence electrons. The molecule has 0 spiro atoms. The van der Waals surface area contributed by atoms with Crippen LogP contribution in [0.3, 0.4) is 0 Å². The van der Waals surface area contributed by atoms with Gasteiger partial charge in [0.05, 0.1) is 6.61 Å². The second-order valence-corrected chi connectivity index (χ2v) is 3.05. The van der Waals surface area contributed by atoms with Gasteiger partial charge >= 0.3 is 5.97 Å². The Balaban J connectivity index is 2.41. The van der Waals surface area contributed by atoms with E-state index in [1.165, 1.54) is 0 Å². The molecule has 0 aliphatic rings. The van der Waals surface area contributed by atoms with Gasteiger partial charge in [-0.25, -0.2) is 0 Å². The van der Waals surface area contributed by atoms with Gasteiger partial charge in [-0.1, -0.05) is 30.3 Å². The fourth-order valence-electron chi connectivity index (χ4n) is 0.981. The lowest BCUT2D eigenvalue weighted by Crippen LogP contribution is -2.43. The quantitative estimate of drug-likeness (QED) is 0.593. The van der Waals surface area contributed by atoms with Crippen molar-refractivity contribution in [3.63, 3.8) is 0 Å². The highest BCUT2D eigenvalue weighted by molar-refractivity contribution is 5.73. The summed E-state index contributed by atoms with van der Waals surface area (Å²) in [6, 6.07) is 7.68. The zero-order valence-electron chi connectivity index (χ0n) is 8.04. The van der Waals surface area contributed by atoms with Crippen molar-refractivity contribution in [2.45, 2.75) is 18.9 Å². The van der Waals surface area contributed by atoms with Crippen molar-refractivity contribution in [3.8, 4) is 0 Å². The van der Waals surface area contributed by atoms with Gasteiger partial charge in [0, 0.05) is 0 Å². The first-order valence-electron chi connectivity index (χ1n) is 4.43. The third-order valence-corrected chi connectivity index (χ3v) is 1.86. The summed E-state index contributed by atoms with van der Waals surface area (Å²) in [7, 11) is 0. The van der Waals surface area contributed by atoms with Gasteiger partial charge in [-0.3, -0.25) is 4.79 Å². The lowest BCUT2D eigenvalue weighted by atomic mass is 10.2. The molecule has 1 aromatic rings. The molecule has 0 aliphatic carbocycles. The number of aliphatic hydroxyl groups is 1. The highest BCUT2D eigenvalue weighted by Crippen LogP contribution is 2.03. The summed E-state index contributed by atoms with van der Waals surface area (Å²) in [5, 5.41) is 17.7. The van der Waals surface area contributed by atoms with E-state index in [2.05, 4.69) is 0 Å². The number of carboxylic acid groups (broad SMARTS) is 1. The molecule has 2 atom stereocenters. The van der Waals surface area contributed by atoms with Crippen molar-refractivity contribution in [2.24, 2.45) is 5.73 Å². The molecule has 0 fully saturated rings.